The van der Waals surface area contributed by atoms with Gasteiger partial charge >= 0.3 is 0 Å². The van der Waals surface area contributed by atoms with Crippen molar-refractivity contribution in [2.45, 2.75) is 13.3 Å². The first-order chi connectivity index (χ1) is 8.60. The zero-order valence-electron chi connectivity index (χ0n) is 9.87. The summed E-state index contributed by atoms with van der Waals surface area (Å²) in [5, 5.41) is 3.20. The van der Waals surface area contributed by atoms with Gasteiger partial charge < -0.3 is 15.5 Å². The zero-order valence-corrected chi connectivity index (χ0v) is 10.6. The molecule has 0 saturated heterocycles. The third kappa shape index (κ3) is 2.65. The van der Waals surface area contributed by atoms with Gasteiger partial charge in [0.05, 0.1) is 11.4 Å². The molecule has 3 N–H and O–H groups in total. The molecule has 18 heavy (non-hydrogen) atoms. The van der Waals surface area contributed by atoms with Crippen LogP contribution in [-0.2, 0) is 6.42 Å². The molecular formula is C13H13ClN2O2. The number of hydrogen-bond acceptors (Lipinski definition) is 3. The lowest BCUT2D eigenvalue weighted by atomic mass is 10.2. The zero-order chi connectivity index (χ0) is 13.1. The highest BCUT2D eigenvalue weighted by Crippen LogP contribution is 2.23. The van der Waals surface area contributed by atoms with E-state index in [4.69, 9.17) is 21.8 Å². The van der Waals surface area contributed by atoms with Crippen LogP contribution >= 0.6 is 11.6 Å². The number of carbonyl (C=O) groups excluding carboxylic acids is 1. The minimum Gasteiger partial charge on any atom is -0.456 e. The largest absolute Gasteiger partial charge is 0.456 e. The fourth-order valence-corrected chi connectivity index (χ4v) is 1.70. The summed E-state index contributed by atoms with van der Waals surface area (Å²) in [4.78, 5) is 11.9. The Hall–Kier alpha value is -1.94. The molecule has 0 radical (unpaired) electrons. The lowest BCUT2D eigenvalue weighted by Crippen LogP contribution is -2.12. The Morgan fingerprint density at radius 2 is 2.17 bits per heavy atom. The number of aryl methyl sites for hydroxylation is 1. The molecule has 1 heterocycles. The van der Waals surface area contributed by atoms with E-state index >= 15 is 0 Å². The van der Waals surface area contributed by atoms with Crippen molar-refractivity contribution in [3.8, 4) is 0 Å². The molecule has 5 heteroatoms. The number of hydrogen-bond donors (Lipinski definition) is 2. The number of halogens is 1. The summed E-state index contributed by atoms with van der Waals surface area (Å²) >= 11 is 5.78. The number of amides is 1. The van der Waals surface area contributed by atoms with Crippen molar-refractivity contribution in [3.05, 3.63) is 46.9 Å². The maximum Gasteiger partial charge on any atom is 0.291 e. The molecule has 0 bridgehead atoms. The van der Waals surface area contributed by atoms with E-state index in [1.165, 1.54) is 0 Å². The van der Waals surface area contributed by atoms with Crippen LogP contribution in [0.4, 0.5) is 11.4 Å². The van der Waals surface area contributed by atoms with Crippen LogP contribution in [0.1, 0.15) is 23.2 Å². The Morgan fingerprint density at radius 1 is 1.39 bits per heavy atom. The average molecular weight is 265 g/mol. The van der Waals surface area contributed by atoms with Gasteiger partial charge in [-0.2, -0.15) is 0 Å². The van der Waals surface area contributed by atoms with Crippen LogP contribution in [0.2, 0.25) is 5.02 Å². The van der Waals surface area contributed by atoms with E-state index in [9.17, 15) is 4.79 Å². The van der Waals surface area contributed by atoms with Gasteiger partial charge in [0.1, 0.15) is 5.76 Å². The predicted molar refractivity (Wildman–Crippen MR) is 71.9 cm³/mol. The van der Waals surface area contributed by atoms with Gasteiger partial charge in [-0.15, -0.1) is 0 Å². The van der Waals surface area contributed by atoms with Gasteiger partial charge in [-0.1, -0.05) is 18.5 Å². The lowest BCUT2D eigenvalue weighted by molar-refractivity contribution is 0.0995. The second-order valence-electron chi connectivity index (χ2n) is 3.81. The fraction of sp³-hybridized carbons (Fsp3) is 0.154. The average Bonchev–Trinajstić information content (AvgIpc) is 2.81. The first-order valence-electron chi connectivity index (χ1n) is 5.55. The lowest BCUT2D eigenvalue weighted by Gasteiger charge is -2.06. The Morgan fingerprint density at radius 3 is 2.78 bits per heavy atom. The van der Waals surface area contributed by atoms with Gasteiger partial charge in [0, 0.05) is 11.4 Å². The molecular weight excluding hydrogens is 252 g/mol. The highest BCUT2D eigenvalue weighted by atomic mass is 35.5. The normalized spacial score (nSPS) is 10.3. The van der Waals surface area contributed by atoms with Crippen molar-refractivity contribution >= 4 is 28.9 Å². The van der Waals surface area contributed by atoms with Crippen molar-refractivity contribution in [3.63, 3.8) is 0 Å². The standard InChI is InChI=1S/C13H13ClN2O2/c1-2-9-4-6-12(18-9)13(17)16-11-5-3-8(14)7-10(11)15/h3-7H,2,15H2,1H3,(H,16,17). The van der Waals surface area contributed by atoms with E-state index in [1.807, 2.05) is 6.92 Å². The number of rotatable bonds is 3. The van der Waals surface area contributed by atoms with Crippen molar-refractivity contribution in [2.75, 3.05) is 11.1 Å². The van der Waals surface area contributed by atoms with E-state index in [0.29, 0.717) is 16.4 Å². The highest BCUT2D eigenvalue weighted by Gasteiger charge is 2.12. The quantitative estimate of drug-likeness (QED) is 0.836. The molecule has 1 amide bonds. The third-order valence-electron chi connectivity index (χ3n) is 2.50. The molecule has 0 unspecified atom stereocenters. The number of furan rings is 1. The van der Waals surface area contributed by atoms with Gasteiger partial charge in [0.25, 0.3) is 5.91 Å². The molecule has 1 aromatic carbocycles. The summed E-state index contributed by atoms with van der Waals surface area (Å²) in [6.45, 7) is 1.96. The number of nitrogens with one attached hydrogen (secondary N) is 1. The molecule has 0 saturated carbocycles. The number of carbonyl (C=O) groups is 1. The van der Waals surface area contributed by atoms with Gasteiger partial charge in [0.2, 0.25) is 0 Å². The number of nitrogen functional groups attached to an aromatic ring is 1. The Balaban J connectivity index is 2.16. The van der Waals surface area contributed by atoms with Crippen LogP contribution in [-0.4, -0.2) is 5.91 Å². The first kappa shape index (κ1) is 12.5. The summed E-state index contributed by atoms with van der Waals surface area (Å²) in [7, 11) is 0. The van der Waals surface area contributed by atoms with Gasteiger partial charge in [-0.25, -0.2) is 0 Å². The molecule has 0 atom stereocenters. The molecule has 2 aromatic rings. The van der Waals surface area contributed by atoms with Gasteiger partial charge in [-0.05, 0) is 30.3 Å². The molecule has 0 aliphatic carbocycles. The van der Waals surface area contributed by atoms with E-state index in [-0.39, 0.29) is 11.7 Å². The molecule has 0 spiro atoms. The summed E-state index contributed by atoms with van der Waals surface area (Å²) in [6, 6.07) is 8.31. The van der Waals surface area contributed by atoms with E-state index in [2.05, 4.69) is 5.32 Å². The van der Waals surface area contributed by atoms with E-state index in [0.717, 1.165) is 12.2 Å². The van der Waals surface area contributed by atoms with Crippen LogP contribution in [0.15, 0.2) is 34.7 Å². The Kier molecular flexibility index (Phi) is 3.58. The monoisotopic (exact) mass is 264 g/mol. The summed E-state index contributed by atoms with van der Waals surface area (Å²) in [5.74, 6) is 0.703. The number of benzene rings is 1. The smallest absolute Gasteiger partial charge is 0.291 e. The molecule has 0 aliphatic rings. The van der Waals surface area contributed by atoms with Crippen molar-refractivity contribution < 1.29 is 9.21 Å². The number of nitrogens with two attached hydrogens (primary N) is 1. The predicted octanol–water partition coefficient (Wildman–Crippen LogP) is 3.33. The molecule has 0 aliphatic heterocycles. The molecule has 2 rings (SSSR count). The van der Waals surface area contributed by atoms with Crippen LogP contribution in [0.3, 0.4) is 0 Å². The molecule has 0 fully saturated rings. The topological polar surface area (TPSA) is 68.3 Å². The summed E-state index contributed by atoms with van der Waals surface area (Å²) < 4.78 is 5.35. The van der Waals surface area contributed by atoms with Crippen LogP contribution in [0.5, 0.6) is 0 Å². The maximum atomic E-state index is 11.9. The minimum atomic E-state index is -0.330. The van der Waals surface area contributed by atoms with Crippen LogP contribution < -0.4 is 11.1 Å². The highest BCUT2D eigenvalue weighted by molar-refractivity contribution is 6.31. The maximum absolute atomic E-state index is 11.9. The Bertz CT molecular complexity index is 578. The van der Waals surface area contributed by atoms with Gasteiger partial charge in [-0.3, -0.25) is 4.79 Å². The third-order valence-corrected chi connectivity index (χ3v) is 2.73. The first-order valence-corrected chi connectivity index (χ1v) is 5.93. The fourth-order valence-electron chi connectivity index (χ4n) is 1.52. The molecule has 1 aromatic heterocycles. The van der Waals surface area contributed by atoms with Crippen molar-refractivity contribution in [2.24, 2.45) is 0 Å². The van der Waals surface area contributed by atoms with Crippen LogP contribution in [0.25, 0.3) is 0 Å². The summed E-state index contributed by atoms with van der Waals surface area (Å²) in [5.41, 5.74) is 6.68. The van der Waals surface area contributed by atoms with E-state index < -0.39 is 0 Å². The van der Waals surface area contributed by atoms with Crippen molar-refractivity contribution in [1.29, 1.82) is 0 Å². The second kappa shape index (κ2) is 5.14. The number of anilines is 2. The molecule has 94 valence electrons. The molecule has 4 nitrogen and oxygen atoms in total. The SMILES string of the molecule is CCc1ccc(C(=O)Nc2ccc(Cl)cc2N)o1. The van der Waals surface area contributed by atoms with Crippen LogP contribution in [0, 0.1) is 0 Å². The second-order valence-corrected chi connectivity index (χ2v) is 4.24. The van der Waals surface area contributed by atoms with Crippen molar-refractivity contribution in [1.82, 2.24) is 0 Å². The Labute approximate surface area is 110 Å². The van der Waals surface area contributed by atoms with Gasteiger partial charge in [0.15, 0.2) is 5.76 Å². The summed E-state index contributed by atoms with van der Waals surface area (Å²) in [6.07, 6.45) is 0.746. The minimum absolute atomic E-state index is 0.265. The van der Waals surface area contributed by atoms with E-state index in [1.54, 1.807) is 30.3 Å².